The molecule has 0 bridgehead atoms. The average molecular weight is 467 g/mol. The van der Waals surface area contributed by atoms with Gasteiger partial charge in [0, 0.05) is 23.4 Å². The van der Waals surface area contributed by atoms with Crippen molar-refractivity contribution >= 4 is 41.7 Å². The average Bonchev–Trinajstić information content (AvgIpc) is 3.00. The van der Waals surface area contributed by atoms with E-state index in [1.165, 1.54) is 12.5 Å². The zero-order chi connectivity index (χ0) is 16.7. The second kappa shape index (κ2) is 11.1. The number of halogens is 2. The lowest BCUT2D eigenvalue weighted by Crippen LogP contribution is -2.42. The van der Waals surface area contributed by atoms with E-state index in [0.29, 0.717) is 17.3 Å². The summed E-state index contributed by atoms with van der Waals surface area (Å²) in [5.74, 6) is 0.293. The number of hydrogen-bond acceptors (Lipinski definition) is 3. The van der Waals surface area contributed by atoms with E-state index in [0.717, 1.165) is 19.4 Å². The Hall–Kier alpha value is -0.540. The molecule has 3 unspecified atom stereocenters. The Kier molecular flexibility index (Phi) is 9.99. The van der Waals surface area contributed by atoms with E-state index in [1.54, 1.807) is 18.2 Å². The van der Waals surface area contributed by atoms with Crippen LogP contribution in [0.2, 0.25) is 0 Å². The minimum absolute atomic E-state index is 0. The SMILES string of the molecule is CCNC(=NCC(O)c1ccccc1F)NC1CCC(SC)C1.I. The Labute approximate surface area is 165 Å². The van der Waals surface area contributed by atoms with Gasteiger partial charge in [-0.25, -0.2) is 4.39 Å². The maximum absolute atomic E-state index is 13.7. The van der Waals surface area contributed by atoms with Gasteiger partial charge in [0.25, 0.3) is 0 Å². The minimum atomic E-state index is -0.936. The van der Waals surface area contributed by atoms with Crippen LogP contribution in [0.5, 0.6) is 0 Å². The van der Waals surface area contributed by atoms with E-state index in [1.807, 2.05) is 18.7 Å². The van der Waals surface area contributed by atoms with Crippen LogP contribution in [-0.4, -0.2) is 41.7 Å². The summed E-state index contributed by atoms with van der Waals surface area (Å²) >= 11 is 1.91. The van der Waals surface area contributed by atoms with Gasteiger partial charge in [-0.2, -0.15) is 11.8 Å². The molecule has 3 N–H and O–H groups in total. The number of hydrogen-bond donors (Lipinski definition) is 3. The van der Waals surface area contributed by atoms with Crippen molar-refractivity contribution in [2.75, 3.05) is 19.3 Å². The fourth-order valence-corrected chi connectivity index (χ4v) is 3.62. The van der Waals surface area contributed by atoms with Crippen LogP contribution in [-0.2, 0) is 0 Å². The normalized spacial score (nSPS) is 21.9. The largest absolute Gasteiger partial charge is 0.386 e. The number of benzene rings is 1. The van der Waals surface area contributed by atoms with Crippen LogP contribution in [0.3, 0.4) is 0 Å². The van der Waals surface area contributed by atoms with Crippen molar-refractivity contribution in [1.29, 1.82) is 0 Å². The highest BCUT2D eigenvalue weighted by Crippen LogP contribution is 2.28. The lowest BCUT2D eigenvalue weighted by Gasteiger charge is -2.18. The molecule has 1 saturated carbocycles. The number of aliphatic hydroxyl groups excluding tert-OH is 1. The molecule has 0 spiro atoms. The Balaban J connectivity index is 0.00000288. The maximum atomic E-state index is 13.7. The molecule has 136 valence electrons. The van der Waals surface area contributed by atoms with Crippen LogP contribution >= 0.6 is 35.7 Å². The van der Waals surface area contributed by atoms with Crippen molar-refractivity contribution in [3.05, 3.63) is 35.6 Å². The van der Waals surface area contributed by atoms with Crippen LogP contribution in [0.25, 0.3) is 0 Å². The van der Waals surface area contributed by atoms with E-state index in [-0.39, 0.29) is 36.1 Å². The van der Waals surface area contributed by atoms with Gasteiger partial charge in [0.1, 0.15) is 11.9 Å². The molecule has 2 rings (SSSR count). The van der Waals surface area contributed by atoms with Crippen LogP contribution < -0.4 is 10.6 Å². The van der Waals surface area contributed by atoms with E-state index in [2.05, 4.69) is 21.9 Å². The third kappa shape index (κ3) is 6.40. The third-order valence-electron chi connectivity index (χ3n) is 4.09. The number of nitrogens with zero attached hydrogens (tertiary/aromatic N) is 1. The van der Waals surface area contributed by atoms with Gasteiger partial charge in [0.05, 0.1) is 6.54 Å². The van der Waals surface area contributed by atoms with Gasteiger partial charge in [0.2, 0.25) is 0 Å². The number of aliphatic imine (C=N–C) groups is 1. The van der Waals surface area contributed by atoms with E-state index >= 15 is 0 Å². The molecular weight excluding hydrogens is 440 g/mol. The van der Waals surface area contributed by atoms with Crippen molar-refractivity contribution in [3.8, 4) is 0 Å². The Morgan fingerprint density at radius 1 is 1.42 bits per heavy atom. The van der Waals surface area contributed by atoms with Crippen molar-refractivity contribution in [2.45, 2.75) is 43.6 Å². The summed E-state index contributed by atoms with van der Waals surface area (Å²) in [5.41, 5.74) is 0.287. The topological polar surface area (TPSA) is 56.7 Å². The van der Waals surface area contributed by atoms with E-state index in [4.69, 9.17) is 0 Å². The molecule has 0 saturated heterocycles. The molecule has 1 aliphatic rings. The smallest absolute Gasteiger partial charge is 0.191 e. The molecule has 24 heavy (non-hydrogen) atoms. The molecule has 1 fully saturated rings. The maximum Gasteiger partial charge on any atom is 0.191 e. The Morgan fingerprint density at radius 2 is 2.17 bits per heavy atom. The van der Waals surface area contributed by atoms with Gasteiger partial charge in [-0.05, 0) is 38.5 Å². The van der Waals surface area contributed by atoms with Crippen molar-refractivity contribution < 1.29 is 9.50 Å². The molecule has 0 amide bonds. The van der Waals surface area contributed by atoms with Crippen molar-refractivity contribution in [3.63, 3.8) is 0 Å². The summed E-state index contributed by atoms with van der Waals surface area (Å²) in [4.78, 5) is 4.42. The number of aliphatic hydroxyl groups is 1. The summed E-state index contributed by atoms with van der Waals surface area (Å²) in [6, 6.07) is 6.69. The summed E-state index contributed by atoms with van der Waals surface area (Å²) in [7, 11) is 0. The molecule has 3 atom stereocenters. The van der Waals surface area contributed by atoms with Gasteiger partial charge < -0.3 is 15.7 Å². The number of nitrogens with one attached hydrogen (secondary N) is 2. The van der Waals surface area contributed by atoms with Gasteiger partial charge >= 0.3 is 0 Å². The van der Waals surface area contributed by atoms with Crippen LogP contribution in [0.15, 0.2) is 29.3 Å². The standard InChI is InChI=1S/C17H26FN3OS.HI/c1-3-19-17(21-12-8-9-13(10-12)23-2)20-11-16(22)14-6-4-5-7-15(14)18;/h4-7,12-13,16,22H,3,8-11H2,1-2H3,(H2,19,20,21);1H. The number of thioether (sulfide) groups is 1. The first kappa shape index (κ1) is 21.5. The van der Waals surface area contributed by atoms with Crippen LogP contribution in [0.4, 0.5) is 4.39 Å². The molecule has 7 heteroatoms. The van der Waals surface area contributed by atoms with Gasteiger partial charge in [-0.3, -0.25) is 4.99 Å². The lowest BCUT2D eigenvalue weighted by molar-refractivity contribution is 0.182. The summed E-state index contributed by atoms with van der Waals surface area (Å²) < 4.78 is 13.7. The predicted molar refractivity (Wildman–Crippen MR) is 111 cm³/mol. The molecule has 0 aliphatic heterocycles. The van der Waals surface area contributed by atoms with E-state index in [9.17, 15) is 9.50 Å². The highest BCUT2D eigenvalue weighted by molar-refractivity contribution is 14.0. The first-order valence-electron chi connectivity index (χ1n) is 8.14. The molecule has 0 aromatic heterocycles. The summed E-state index contributed by atoms with van der Waals surface area (Å²) in [6.45, 7) is 2.89. The highest BCUT2D eigenvalue weighted by atomic mass is 127. The molecule has 0 heterocycles. The first-order chi connectivity index (χ1) is 11.1. The summed E-state index contributed by atoms with van der Waals surface area (Å²) in [6.07, 6.45) is 4.69. The lowest BCUT2D eigenvalue weighted by atomic mass is 10.1. The van der Waals surface area contributed by atoms with Gasteiger partial charge in [0.15, 0.2) is 5.96 Å². The van der Waals surface area contributed by atoms with E-state index < -0.39 is 11.9 Å². The monoisotopic (exact) mass is 467 g/mol. The highest BCUT2D eigenvalue weighted by Gasteiger charge is 2.24. The quantitative estimate of drug-likeness (QED) is 0.342. The molecular formula is C17H27FIN3OS. The zero-order valence-electron chi connectivity index (χ0n) is 14.2. The van der Waals surface area contributed by atoms with Gasteiger partial charge in [-0.15, -0.1) is 24.0 Å². The second-order valence-electron chi connectivity index (χ2n) is 5.77. The number of rotatable bonds is 6. The molecule has 1 aromatic carbocycles. The first-order valence-corrected chi connectivity index (χ1v) is 9.43. The molecule has 1 aromatic rings. The second-order valence-corrected chi connectivity index (χ2v) is 6.91. The molecule has 0 radical (unpaired) electrons. The fraction of sp³-hybridized carbons (Fsp3) is 0.588. The summed E-state index contributed by atoms with van der Waals surface area (Å²) in [5, 5.41) is 17.5. The van der Waals surface area contributed by atoms with Crippen molar-refractivity contribution in [1.82, 2.24) is 10.6 Å². The van der Waals surface area contributed by atoms with Crippen LogP contribution in [0, 0.1) is 5.82 Å². The zero-order valence-corrected chi connectivity index (χ0v) is 17.3. The predicted octanol–water partition coefficient (Wildman–Crippen LogP) is 3.32. The van der Waals surface area contributed by atoms with Crippen LogP contribution in [0.1, 0.15) is 37.9 Å². The Bertz CT molecular complexity index is 532. The van der Waals surface area contributed by atoms with Crippen molar-refractivity contribution in [2.24, 2.45) is 4.99 Å². The Morgan fingerprint density at radius 3 is 2.79 bits per heavy atom. The minimum Gasteiger partial charge on any atom is -0.386 e. The molecule has 4 nitrogen and oxygen atoms in total. The third-order valence-corrected chi connectivity index (χ3v) is 5.18. The molecule has 1 aliphatic carbocycles. The fourth-order valence-electron chi connectivity index (χ4n) is 2.82. The van der Waals surface area contributed by atoms with Gasteiger partial charge in [-0.1, -0.05) is 18.2 Å². The number of guanidine groups is 1.